The van der Waals surface area contributed by atoms with Gasteiger partial charge in [-0.15, -0.1) is 0 Å². The number of nitrogens with one attached hydrogen (secondary N) is 2. The predicted molar refractivity (Wildman–Crippen MR) is 128 cm³/mol. The van der Waals surface area contributed by atoms with Crippen molar-refractivity contribution in [1.29, 1.82) is 0 Å². The molecule has 3 aromatic heterocycles. The van der Waals surface area contributed by atoms with Gasteiger partial charge in [0.15, 0.2) is 11.5 Å². The number of halogens is 3. The molecule has 1 amide bonds. The second-order valence-corrected chi connectivity index (χ2v) is 7.55. The zero-order valence-corrected chi connectivity index (χ0v) is 20.2. The molecule has 38 heavy (non-hydrogen) atoms. The highest BCUT2D eigenvalue weighted by Gasteiger charge is 2.34. The Balaban J connectivity index is 1.85. The molecule has 0 aliphatic rings. The number of alkyl halides is 3. The van der Waals surface area contributed by atoms with Gasteiger partial charge in [-0.2, -0.15) is 23.3 Å². The zero-order chi connectivity index (χ0) is 27.4. The third-order valence-electron chi connectivity index (χ3n) is 5.20. The number of pyridine rings is 1. The smallest absolute Gasteiger partial charge is 0.435 e. The highest BCUT2D eigenvalue weighted by molar-refractivity contribution is 5.97. The molecule has 4 N–H and O–H groups in total. The van der Waals surface area contributed by atoms with E-state index in [4.69, 9.17) is 20.1 Å². The Labute approximate surface area is 213 Å². The minimum absolute atomic E-state index is 0.0112. The minimum Gasteiger partial charge on any atom is -0.497 e. The van der Waals surface area contributed by atoms with Crippen molar-refractivity contribution >= 4 is 17.5 Å². The van der Waals surface area contributed by atoms with Crippen molar-refractivity contribution in [3.8, 4) is 34.3 Å². The van der Waals surface area contributed by atoms with Gasteiger partial charge in [-0.25, -0.2) is 20.5 Å². The van der Waals surface area contributed by atoms with Crippen LogP contribution in [0.25, 0.3) is 16.9 Å². The molecule has 3 heterocycles. The second-order valence-electron chi connectivity index (χ2n) is 7.55. The summed E-state index contributed by atoms with van der Waals surface area (Å²) in [7, 11) is 4.29. The summed E-state index contributed by atoms with van der Waals surface area (Å²) in [6, 6.07) is 7.17. The maximum absolute atomic E-state index is 13.3. The molecule has 0 saturated carbocycles. The van der Waals surface area contributed by atoms with Gasteiger partial charge in [0.05, 0.1) is 21.3 Å². The van der Waals surface area contributed by atoms with Crippen molar-refractivity contribution in [3.63, 3.8) is 0 Å². The van der Waals surface area contributed by atoms with Crippen LogP contribution in [-0.2, 0) is 6.18 Å². The van der Waals surface area contributed by atoms with E-state index >= 15 is 0 Å². The topological polar surface area (TPSA) is 151 Å². The average Bonchev–Trinajstić information content (AvgIpc) is 3.43. The summed E-state index contributed by atoms with van der Waals surface area (Å²) in [6.45, 7) is 0. The Hall–Kier alpha value is -4.92. The molecule has 0 radical (unpaired) electrons. The first-order valence-electron chi connectivity index (χ1n) is 10.7. The number of nitrogens with zero attached hydrogens (tertiary/aromatic N) is 5. The monoisotopic (exact) mass is 530 g/mol. The number of carbonyl (C=O) groups excluding carboxylic acids is 1. The van der Waals surface area contributed by atoms with Crippen LogP contribution in [0.15, 0.2) is 48.9 Å². The molecule has 0 saturated heterocycles. The molecule has 4 rings (SSSR count). The van der Waals surface area contributed by atoms with Gasteiger partial charge in [0.1, 0.15) is 17.1 Å². The lowest BCUT2D eigenvalue weighted by Crippen LogP contribution is -2.30. The number of aromatic nitrogens is 5. The molecule has 0 fully saturated rings. The fraction of sp³-hybridized carbons (Fsp3) is 0.174. The van der Waals surface area contributed by atoms with Crippen molar-refractivity contribution in [2.24, 2.45) is 5.84 Å². The van der Waals surface area contributed by atoms with E-state index in [1.165, 1.54) is 39.8 Å². The predicted octanol–water partition coefficient (Wildman–Crippen LogP) is 3.12. The molecule has 15 heteroatoms. The number of amides is 1. The second kappa shape index (κ2) is 10.6. The number of nitrogens with two attached hydrogens (primary N) is 1. The number of carbonyl (C=O) groups is 1. The van der Waals surface area contributed by atoms with Crippen molar-refractivity contribution in [1.82, 2.24) is 30.2 Å². The number of hydrazine groups is 1. The van der Waals surface area contributed by atoms with Crippen molar-refractivity contribution < 1.29 is 32.2 Å². The number of methoxy groups -OCH3 is 3. The van der Waals surface area contributed by atoms with E-state index < -0.39 is 17.8 Å². The quantitative estimate of drug-likeness (QED) is 0.176. The molecule has 0 spiro atoms. The van der Waals surface area contributed by atoms with Gasteiger partial charge in [0.25, 0.3) is 5.91 Å². The number of hydrogen-bond donors (Lipinski definition) is 3. The molecule has 0 atom stereocenters. The van der Waals surface area contributed by atoms with Gasteiger partial charge < -0.3 is 19.5 Å². The van der Waals surface area contributed by atoms with E-state index in [-0.39, 0.29) is 34.3 Å². The largest absolute Gasteiger partial charge is 0.497 e. The van der Waals surface area contributed by atoms with E-state index in [0.717, 1.165) is 16.9 Å². The fourth-order valence-electron chi connectivity index (χ4n) is 3.42. The molecule has 0 unspecified atom stereocenters. The van der Waals surface area contributed by atoms with Crippen LogP contribution < -0.4 is 30.8 Å². The lowest BCUT2D eigenvalue weighted by Gasteiger charge is -2.14. The summed E-state index contributed by atoms with van der Waals surface area (Å²) in [4.78, 5) is 25.0. The molecular weight excluding hydrogens is 509 g/mol. The van der Waals surface area contributed by atoms with Crippen LogP contribution in [0.5, 0.6) is 17.4 Å². The standard InChI is InChI=1S/C23H21F3N8O4/c1-36-14-7-13(8-15(9-14)37-2)30-22-29-11-17(12-6-16(20(35)32-27)21(38-3)28-10-12)19(31-22)34-5-4-18(33-34)23(24,25)26/h4-11H,27H2,1-3H3,(H,32,35)(H,29,30,31). The summed E-state index contributed by atoms with van der Waals surface area (Å²) in [5.74, 6) is 5.53. The molecule has 4 aromatic rings. The normalized spacial score (nSPS) is 11.1. The van der Waals surface area contributed by atoms with Crippen LogP contribution in [0.3, 0.4) is 0 Å². The van der Waals surface area contributed by atoms with Crippen LogP contribution in [0, 0.1) is 0 Å². The summed E-state index contributed by atoms with van der Waals surface area (Å²) in [5.41, 5.74) is 1.86. The Kier molecular flexibility index (Phi) is 7.29. The molecule has 198 valence electrons. The van der Waals surface area contributed by atoms with E-state index in [9.17, 15) is 18.0 Å². The van der Waals surface area contributed by atoms with Crippen LogP contribution >= 0.6 is 0 Å². The van der Waals surface area contributed by atoms with Crippen LogP contribution in [0.2, 0.25) is 0 Å². The van der Waals surface area contributed by atoms with Crippen LogP contribution in [0.4, 0.5) is 24.8 Å². The molecule has 0 aliphatic heterocycles. The first-order valence-corrected chi connectivity index (χ1v) is 10.7. The Morgan fingerprint density at radius 1 is 1.00 bits per heavy atom. The highest BCUT2D eigenvalue weighted by atomic mass is 19.4. The first-order chi connectivity index (χ1) is 18.2. The number of nitrogen functional groups attached to an aromatic ring is 1. The van der Waals surface area contributed by atoms with Gasteiger partial charge >= 0.3 is 6.18 Å². The Bertz CT molecular complexity index is 1450. The van der Waals surface area contributed by atoms with Gasteiger partial charge in [-0.3, -0.25) is 10.2 Å². The van der Waals surface area contributed by atoms with Crippen LogP contribution in [-0.4, -0.2) is 52.0 Å². The van der Waals surface area contributed by atoms with E-state index in [1.807, 2.05) is 5.43 Å². The van der Waals surface area contributed by atoms with Gasteiger partial charge in [0.2, 0.25) is 11.8 Å². The minimum atomic E-state index is -4.68. The molecule has 0 aliphatic carbocycles. The van der Waals surface area contributed by atoms with Gasteiger partial charge in [-0.05, 0) is 12.1 Å². The molecule has 0 bridgehead atoms. The molecule has 1 aromatic carbocycles. The summed E-state index contributed by atoms with van der Waals surface area (Å²) < 4.78 is 56.4. The van der Waals surface area contributed by atoms with Crippen LogP contribution in [0.1, 0.15) is 16.1 Å². The third-order valence-corrected chi connectivity index (χ3v) is 5.20. The maximum Gasteiger partial charge on any atom is 0.435 e. The van der Waals surface area contributed by atoms with E-state index in [2.05, 4.69) is 25.4 Å². The summed E-state index contributed by atoms with van der Waals surface area (Å²) >= 11 is 0. The summed E-state index contributed by atoms with van der Waals surface area (Å²) in [5, 5.41) is 6.61. The zero-order valence-electron chi connectivity index (χ0n) is 20.2. The van der Waals surface area contributed by atoms with Gasteiger partial charge in [0, 0.05) is 53.6 Å². The maximum atomic E-state index is 13.3. The van der Waals surface area contributed by atoms with E-state index in [1.54, 1.807) is 18.2 Å². The Morgan fingerprint density at radius 3 is 2.29 bits per heavy atom. The average molecular weight is 530 g/mol. The van der Waals surface area contributed by atoms with Crippen molar-refractivity contribution in [2.45, 2.75) is 6.18 Å². The number of ether oxygens (including phenoxy) is 3. The van der Waals surface area contributed by atoms with E-state index in [0.29, 0.717) is 17.2 Å². The van der Waals surface area contributed by atoms with Crippen molar-refractivity contribution in [2.75, 3.05) is 26.6 Å². The lowest BCUT2D eigenvalue weighted by molar-refractivity contribution is -0.141. The number of rotatable bonds is 8. The third kappa shape index (κ3) is 5.41. The number of anilines is 2. The van der Waals surface area contributed by atoms with Crippen molar-refractivity contribution in [3.05, 3.63) is 60.2 Å². The fourth-order valence-corrected chi connectivity index (χ4v) is 3.42. The number of hydrogen-bond acceptors (Lipinski definition) is 10. The Morgan fingerprint density at radius 2 is 1.71 bits per heavy atom. The molecular formula is C23H21F3N8O4. The summed E-state index contributed by atoms with van der Waals surface area (Å²) in [6.07, 6.45) is -0.866. The highest BCUT2D eigenvalue weighted by Crippen LogP contribution is 2.32. The first kappa shape index (κ1) is 26.2. The lowest BCUT2D eigenvalue weighted by atomic mass is 10.1. The molecule has 12 nitrogen and oxygen atoms in total. The number of benzene rings is 1. The SMILES string of the molecule is COc1cc(Nc2ncc(-c3cnc(OC)c(C(=O)NN)c3)c(-n3ccc(C(F)(F)F)n3)n2)cc(OC)c1. The van der Waals surface area contributed by atoms with Gasteiger partial charge in [-0.1, -0.05) is 0 Å².